The van der Waals surface area contributed by atoms with Crippen LogP contribution in [-0.4, -0.2) is 48.8 Å². The van der Waals surface area contributed by atoms with E-state index in [1.807, 2.05) is 13.8 Å². The summed E-state index contributed by atoms with van der Waals surface area (Å²) in [4.78, 5) is 33.6. The predicted molar refractivity (Wildman–Crippen MR) is 67.4 cm³/mol. The van der Waals surface area contributed by atoms with Gasteiger partial charge in [-0.15, -0.1) is 0 Å². The van der Waals surface area contributed by atoms with Gasteiger partial charge in [-0.1, -0.05) is 13.8 Å². The summed E-state index contributed by atoms with van der Waals surface area (Å²) in [6.45, 7) is 3.58. The molecule has 5 N–H and O–H groups in total. The molecule has 0 aromatic rings. The maximum absolute atomic E-state index is 11.9. The molecule has 19 heavy (non-hydrogen) atoms. The summed E-state index contributed by atoms with van der Waals surface area (Å²) in [6.07, 6.45) is 0.355. The third kappa shape index (κ3) is 7.24. The van der Waals surface area contributed by atoms with Crippen molar-refractivity contribution in [3.8, 4) is 0 Å². The number of methoxy groups -OCH3 is 1. The van der Waals surface area contributed by atoms with E-state index in [1.165, 1.54) is 7.11 Å². The Morgan fingerprint density at radius 2 is 1.79 bits per heavy atom. The first-order valence-electron chi connectivity index (χ1n) is 5.86. The van der Waals surface area contributed by atoms with Crippen LogP contribution in [0.4, 0.5) is 4.79 Å². The Kier molecular flexibility index (Phi) is 7.50. The number of amides is 3. The van der Waals surface area contributed by atoms with Crippen LogP contribution >= 0.6 is 0 Å². The quantitative estimate of drug-likeness (QED) is 0.464. The molecule has 0 rings (SSSR count). The lowest BCUT2D eigenvalue weighted by Gasteiger charge is -2.21. The normalized spacial score (nSPS) is 13.7. The number of ether oxygens (including phenoxy) is 1. The molecule has 0 aromatic carbocycles. The van der Waals surface area contributed by atoms with Crippen LogP contribution in [-0.2, 0) is 14.3 Å². The fraction of sp³-hybridized carbons (Fsp3) is 0.727. The fourth-order valence-corrected chi connectivity index (χ4v) is 1.49. The van der Waals surface area contributed by atoms with Crippen LogP contribution in [0.2, 0.25) is 0 Å². The van der Waals surface area contributed by atoms with Crippen LogP contribution in [0.5, 0.6) is 0 Å². The molecule has 8 nitrogen and oxygen atoms in total. The number of carbonyl (C=O) groups excluding carboxylic acids is 2. The zero-order valence-corrected chi connectivity index (χ0v) is 11.3. The number of urea groups is 1. The molecule has 0 aromatic heterocycles. The molecular formula is C11H21N3O5. The molecule has 0 saturated carbocycles. The van der Waals surface area contributed by atoms with Crippen LogP contribution in [0.3, 0.4) is 0 Å². The van der Waals surface area contributed by atoms with E-state index in [-0.39, 0.29) is 12.5 Å². The average Bonchev–Trinajstić information content (AvgIpc) is 2.25. The molecule has 0 spiro atoms. The monoisotopic (exact) mass is 275 g/mol. The molecule has 2 atom stereocenters. The molecule has 110 valence electrons. The number of carboxylic acids is 1. The third-order valence-corrected chi connectivity index (χ3v) is 2.29. The van der Waals surface area contributed by atoms with Crippen molar-refractivity contribution in [3.63, 3.8) is 0 Å². The maximum Gasteiger partial charge on any atom is 0.328 e. The molecule has 2 unspecified atom stereocenters. The van der Waals surface area contributed by atoms with Crippen molar-refractivity contribution in [1.29, 1.82) is 0 Å². The summed E-state index contributed by atoms with van der Waals surface area (Å²) in [5.74, 6) is -1.68. The minimum atomic E-state index is -1.21. The first-order valence-corrected chi connectivity index (χ1v) is 5.86. The highest BCUT2D eigenvalue weighted by molar-refractivity contribution is 5.89. The number of aliphatic carboxylic acids is 1. The number of carboxylic acid groups (broad SMARTS) is 1. The van der Waals surface area contributed by atoms with Gasteiger partial charge >= 0.3 is 12.0 Å². The predicted octanol–water partition coefficient (Wildman–Crippen LogP) is -0.715. The molecule has 0 fully saturated rings. The minimum Gasteiger partial charge on any atom is -0.480 e. The summed E-state index contributed by atoms with van der Waals surface area (Å²) in [6, 6.07) is -2.86. The number of primary amides is 1. The Morgan fingerprint density at radius 3 is 2.16 bits per heavy atom. The topological polar surface area (TPSA) is 131 Å². The van der Waals surface area contributed by atoms with E-state index < -0.39 is 30.0 Å². The lowest BCUT2D eigenvalue weighted by atomic mass is 10.0. The minimum absolute atomic E-state index is 0.133. The summed E-state index contributed by atoms with van der Waals surface area (Å²) < 4.78 is 4.70. The number of carbonyl (C=O) groups is 3. The first-order chi connectivity index (χ1) is 8.77. The Labute approximate surface area is 111 Å². The van der Waals surface area contributed by atoms with E-state index in [4.69, 9.17) is 15.6 Å². The van der Waals surface area contributed by atoms with Crippen molar-refractivity contribution >= 4 is 17.9 Å². The fourth-order valence-electron chi connectivity index (χ4n) is 1.49. The largest absolute Gasteiger partial charge is 0.480 e. The van der Waals surface area contributed by atoms with E-state index in [2.05, 4.69) is 10.6 Å². The van der Waals surface area contributed by atoms with Gasteiger partial charge in [-0.2, -0.15) is 0 Å². The van der Waals surface area contributed by atoms with Gasteiger partial charge < -0.3 is 26.2 Å². The smallest absolute Gasteiger partial charge is 0.328 e. The summed E-state index contributed by atoms with van der Waals surface area (Å²) in [5.41, 5.74) is 4.99. The molecule has 0 radical (unpaired) electrons. The number of nitrogens with two attached hydrogens (primary N) is 1. The molecule has 8 heteroatoms. The highest BCUT2D eigenvalue weighted by atomic mass is 16.5. The third-order valence-electron chi connectivity index (χ3n) is 2.29. The maximum atomic E-state index is 11.9. The van der Waals surface area contributed by atoms with Gasteiger partial charge in [-0.05, 0) is 12.3 Å². The van der Waals surface area contributed by atoms with Crippen LogP contribution in [0.15, 0.2) is 0 Å². The van der Waals surface area contributed by atoms with Gasteiger partial charge in [0, 0.05) is 7.11 Å². The van der Waals surface area contributed by atoms with Crippen molar-refractivity contribution in [2.45, 2.75) is 32.4 Å². The summed E-state index contributed by atoms with van der Waals surface area (Å²) >= 11 is 0. The number of rotatable bonds is 8. The van der Waals surface area contributed by atoms with E-state index in [0.717, 1.165) is 0 Å². The molecule has 0 aliphatic carbocycles. The molecule has 0 aliphatic heterocycles. The van der Waals surface area contributed by atoms with Crippen molar-refractivity contribution in [2.24, 2.45) is 11.7 Å². The standard InChI is InChI=1S/C11H21N3O5/c1-6(2)4-7(14-11(12)18)9(15)13-8(5-19-3)10(16)17/h6-8H,4-5H2,1-3H3,(H,13,15)(H,16,17)(H3,12,14,18). The number of hydrogen-bond donors (Lipinski definition) is 4. The highest BCUT2D eigenvalue weighted by Gasteiger charge is 2.26. The average molecular weight is 275 g/mol. The molecule has 3 amide bonds. The Balaban J connectivity index is 4.68. The van der Waals surface area contributed by atoms with Gasteiger partial charge in [0.25, 0.3) is 0 Å². The Bertz CT molecular complexity index is 332. The van der Waals surface area contributed by atoms with Gasteiger partial charge in [0.05, 0.1) is 6.61 Å². The van der Waals surface area contributed by atoms with E-state index in [9.17, 15) is 14.4 Å². The van der Waals surface area contributed by atoms with Crippen molar-refractivity contribution < 1.29 is 24.2 Å². The van der Waals surface area contributed by atoms with Crippen molar-refractivity contribution in [3.05, 3.63) is 0 Å². The second kappa shape index (κ2) is 8.30. The highest BCUT2D eigenvalue weighted by Crippen LogP contribution is 2.05. The van der Waals surface area contributed by atoms with Gasteiger partial charge in [0.15, 0.2) is 6.04 Å². The Hall–Kier alpha value is -1.83. The number of hydrogen-bond acceptors (Lipinski definition) is 4. The van der Waals surface area contributed by atoms with E-state index in [0.29, 0.717) is 6.42 Å². The van der Waals surface area contributed by atoms with Crippen molar-refractivity contribution in [1.82, 2.24) is 10.6 Å². The zero-order valence-electron chi connectivity index (χ0n) is 11.3. The van der Waals surface area contributed by atoms with Gasteiger partial charge in [0.2, 0.25) is 5.91 Å². The van der Waals surface area contributed by atoms with Crippen LogP contribution in [0.1, 0.15) is 20.3 Å². The van der Waals surface area contributed by atoms with E-state index >= 15 is 0 Å². The summed E-state index contributed by atoms with van der Waals surface area (Å²) in [5, 5.41) is 13.5. The van der Waals surface area contributed by atoms with E-state index in [1.54, 1.807) is 0 Å². The number of nitrogens with one attached hydrogen (secondary N) is 2. The van der Waals surface area contributed by atoms with Gasteiger partial charge in [-0.25, -0.2) is 9.59 Å². The SMILES string of the molecule is COCC(NC(=O)C(CC(C)C)NC(N)=O)C(=O)O. The summed E-state index contributed by atoms with van der Waals surface area (Å²) in [7, 11) is 1.33. The molecular weight excluding hydrogens is 254 g/mol. The van der Waals surface area contributed by atoms with Gasteiger partial charge in [-0.3, -0.25) is 4.79 Å². The van der Waals surface area contributed by atoms with Crippen LogP contribution in [0.25, 0.3) is 0 Å². The molecule has 0 heterocycles. The molecule has 0 bridgehead atoms. The molecule has 0 saturated heterocycles. The Morgan fingerprint density at radius 1 is 1.21 bits per heavy atom. The first kappa shape index (κ1) is 17.2. The van der Waals surface area contributed by atoms with Crippen molar-refractivity contribution in [2.75, 3.05) is 13.7 Å². The second-order valence-electron chi connectivity index (χ2n) is 4.55. The second-order valence-corrected chi connectivity index (χ2v) is 4.55. The zero-order chi connectivity index (χ0) is 15.0. The van der Waals surface area contributed by atoms with Crippen LogP contribution < -0.4 is 16.4 Å². The van der Waals surface area contributed by atoms with Crippen LogP contribution in [0, 0.1) is 5.92 Å². The lowest BCUT2D eigenvalue weighted by Crippen LogP contribution is -2.54. The molecule has 0 aliphatic rings. The van der Waals surface area contributed by atoms with Gasteiger partial charge in [0.1, 0.15) is 6.04 Å². The lowest BCUT2D eigenvalue weighted by molar-refractivity contribution is -0.143.